The minimum absolute atomic E-state index is 0.240. The lowest BCUT2D eigenvalue weighted by molar-refractivity contribution is 0.00578. The van der Waals surface area contributed by atoms with Crippen molar-refractivity contribution in [1.82, 2.24) is 0 Å². The number of hydrogen-bond acceptors (Lipinski definition) is 4. The van der Waals surface area contributed by atoms with Gasteiger partial charge in [0.25, 0.3) is 0 Å². The van der Waals surface area contributed by atoms with Crippen LogP contribution in [-0.2, 0) is 9.31 Å². The Morgan fingerprint density at radius 3 is 2.32 bits per heavy atom. The number of aliphatic hydroxyl groups excluding tert-OH is 1. The zero-order chi connectivity index (χ0) is 16.5. The van der Waals surface area contributed by atoms with Gasteiger partial charge in [-0.2, -0.15) is 0 Å². The maximum absolute atomic E-state index is 13.6. The van der Waals surface area contributed by atoms with Crippen LogP contribution in [0.2, 0.25) is 0 Å². The summed E-state index contributed by atoms with van der Waals surface area (Å²) in [5.74, 6) is 0.00858. The molecule has 0 amide bonds. The Morgan fingerprint density at radius 1 is 1.23 bits per heavy atom. The van der Waals surface area contributed by atoms with Gasteiger partial charge in [-0.05, 0) is 50.9 Å². The molecule has 1 saturated heterocycles. The fourth-order valence-electron chi connectivity index (χ4n) is 2.18. The van der Waals surface area contributed by atoms with Crippen molar-refractivity contribution >= 4 is 13.2 Å². The van der Waals surface area contributed by atoms with Crippen molar-refractivity contribution in [2.24, 2.45) is 0 Å². The van der Waals surface area contributed by atoms with Gasteiger partial charge in [0.05, 0.1) is 24.9 Å². The molecule has 0 aromatic heterocycles. The zero-order valence-corrected chi connectivity index (χ0v) is 13.6. The molecule has 0 bridgehead atoms. The average molecular weight is 308 g/mol. The van der Waals surface area contributed by atoms with Crippen LogP contribution in [0, 0.1) is 5.82 Å². The topological polar surface area (TPSA) is 47.9 Å². The van der Waals surface area contributed by atoms with E-state index in [9.17, 15) is 9.50 Å². The summed E-state index contributed by atoms with van der Waals surface area (Å²) in [4.78, 5) is 0. The maximum atomic E-state index is 13.6. The fourth-order valence-corrected chi connectivity index (χ4v) is 2.18. The molecule has 0 atom stereocenters. The highest BCUT2D eigenvalue weighted by Gasteiger charge is 2.52. The predicted octanol–water partition coefficient (Wildman–Crippen LogP) is 2.84. The van der Waals surface area contributed by atoms with E-state index in [0.29, 0.717) is 16.8 Å². The van der Waals surface area contributed by atoms with Crippen molar-refractivity contribution in [2.45, 2.75) is 38.9 Å². The van der Waals surface area contributed by atoms with Gasteiger partial charge in [0.15, 0.2) is 0 Å². The first-order valence-corrected chi connectivity index (χ1v) is 7.20. The highest BCUT2D eigenvalue weighted by Crippen LogP contribution is 2.38. The van der Waals surface area contributed by atoms with E-state index in [0.717, 1.165) is 0 Å². The summed E-state index contributed by atoms with van der Waals surface area (Å²) in [7, 11) is 0.813. The summed E-state index contributed by atoms with van der Waals surface area (Å²) in [5, 5.41) is 9.63. The number of hydrogen-bond donors (Lipinski definition) is 1. The monoisotopic (exact) mass is 308 g/mol. The SMILES string of the molecule is COc1cc(F)cc(C=C(CO)B2OC(C)(C)C(C)(C)O2)c1. The highest BCUT2D eigenvalue weighted by molar-refractivity contribution is 6.55. The molecular formula is C16H22BFO4. The minimum Gasteiger partial charge on any atom is -0.497 e. The van der Waals surface area contributed by atoms with E-state index in [1.54, 1.807) is 12.1 Å². The zero-order valence-electron chi connectivity index (χ0n) is 13.6. The fraction of sp³-hybridized carbons (Fsp3) is 0.500. The van der Waals surface area contributed by atoms with E-state index < -0.39 is 24.1 Å². The number of aliphatic hydroxyl groups is 1. The lowest BCUT2D eigenvalue weighted by Crippen LogP contribution is -2.41. The molecule has 1 aromatic rings. The van der Waals surface area contributed by atoms with E-state index in [1.807, 2.05) is 27.7 Å². The van der Waals surface area contributed by atoms with Crippen molar-refractivity contribution in [3.05, 3.63) is 35.1 Å². The molecule has 1 aliphatic rings. The molecule has 6 heteroatoms. The van der Waals surface area contributed by atoms with Gasteiger partial charge in [0.1, 0.15) is 11.6 Å². The van der Waals surface area contributed by atoms with Crippen LogP contribution in [0.5, 0.6) is 5.75 Å². The Bertz CT molecular complexity index is 568. The molecule has 0 saturated carbocycles. The van der Waals surface area contributed by atoms with Gasteiger partial charge < -0.3 is 19.2 Å². The number of halogens is 1. The summed E-state index contributed by atoms with van der Waals surface area (Å²) in [6.45, 7) is 7.51. The van der Waals surface area contributed by atoms with Crippen molar-refractivity contribution in [2.75, 3.05) is 13.7 Å². The second-order valence-electron chi connectivity index (χ2n) is 6.39. The van der Waals surface area contributed by atoms with Gasteiger partial charge in [-0.25, -0.2) is 4.39 Å². The maximum Gasteiger partial charge on any atom is 0.492 e. The normalized spacial score (nSPS) is 20.3. The molecule has 22 heavy (non-hydrogen) atoms. The predicted molar refractivity (Wildman–Crippen MR) is 84.1 cm³/mol. The van der Waals surface area contributed by atoms with Crippen LogP contribution >= 0.6 is 0 Å². The van der Waals surface area contributed by atoms with Crippen LogP contribution in [0.4, 0.5) is 4.39 Å². The van der Waals surface area contributed by atoms with Crippen LogP contribution < -0.4 is 4.74 Å². The smallest absolute Gasteiger partial charge is 0.492 e. The molecule has 4 nitrogen and oxygen atoms in total. The third-order valence-corrected chi connectivity index (χ3v) is 4.22. The second kappa shape index (κ2) is 6.03. The molecule has 0 spiro atoms. The molecule has 1 aliphatic heterocycles. The van der Waals surface area contributed by atoms with Gasteiger partial charge in [0.2, 0.25) is 0 Å². The lowest BCUT2D eigenvalue weighted by Gasteiger charge is -2.32. The Kier molecular flexibility index (Phi) is 4.66. The molecule has 0 radical (unpaired) electrons. The Balaban J connectivity index is 2.31. The highest BCUT2D eigenvalue weighted by atomic mass is 19.1. The first-order valence-electron chi connectivity index (χ1n) is 7.20. The van der Waals surface area contributed by atoms with Crippen molar-refractivity contribution in [3.8, 4) is 5.75 Å². The Morgan fingerprint density at radius 2 is 1.82 bits per heavy atom. The van der Waals surface area contributed by atoms with Crippen LogP contribution in [0.25, 0.3) is 6.08 Å². The third-order valence-electron chi connectivity index (χ3n) is 4.22. The molecule has 1 N–H and O–H groups in total. The molecule has 120 valence electrons. The van der Waals surface area contributed by atoms with Gasteiger partial charge in [-0.15, -0.1) is 0 Å². The van der Waals surface area contributed by atoms with Crippen LogP contribution in [0.15, 0.2) is 23.7 Å². The van der Waals surface area contributed by atoms with E-state index in [1.165, 1.54) is 19.2 Å². The molecule has 1 heterocycles. The summed E-state index contributed by atoms with van der Waals surface area (Å²) in [6.07, 6.45) is 1.66. The van der Waals surface area contributed by atoms with Crippen molar-refractivity contribution in [3.63, 3.8) is 0 Å². The molecular weight excluding hydrogens is 286 g/mol. The molecule has 0 unspecified atom stereocenters. The van der Waals surface area contributed by atoms with Crippen LogP contribution in [0.1, 0.15) is 33.3 Å². The van der Waals surface area contributed by atoms with Gasteiger partial charge in [-0.3, -0.25) is 0 Å². The van der Waals surface area contributed by atoms with Crippen LogP contribution in [0.3, 0.4) is 0 Å². The second-order valence-corrected chi connectivity index (χ2v) is 6.39. The molecule has 1 fully saturated rings. The first kappa shape index (κ1) is 17.0. The summed E-state index contributed by atoms with van der Waals surface area (Å²) >= 11 is 0. The molecule has 1 aromatic carbocycles. The molecule has 2 rings (SSSR count). The minimum atomic E-state index is -0.663. The standard InChI is InChI=1S/C16H22BFO4/c1-15(2)16(3,4)22-17(21-15)12(10-19)6-11-7-13(18)9-14(8-11)20-5/h6-9,19H,10H2,1-5H3. The average Bonchev–Trinajstić information content (AvgIpc) is 2.64. The quantitative estimate of drug-likeness (QED) is 0.869. The van der Waals surface area contributed by atoms with Gasteiger partial charge in [0, 0.05) is 6.07 Å². The molecule has 0 aliphatic carbocycles. The summed E-state index contributed by atoms with van der Waals surface area (Å²) in [6, 6.07) is 4.35. The number of ether oxygens (including phenoxy) is 1. The Labute approximate surface area is 131 Å². The van der Waals surface area contributed by atoms with E-state index in [-0.39, 0.29) is 6.61 Å². The van der Waals surface area contributed by atoms with E-state index in [2.05, 4.69) is 0 Å². The van der Waals surface area contributed by atoms with Crippen molar-refractivity contribution in [1.29, 1.82) is 0 Å². The largest absolute Gasteiger partial charge is 0.497 e. The van der Waals surface area contributed by atoms with E-state index >= 15 is 0 Å². The third kappa shape index (κ3) is 3.34. The van der Waals surface area contributed by atoms with Crippen LogP contribution in [-0.4, -0.2) is 37.1 Å². The van der Waals surface area contributed by atoms with E-state index in [4.69, 9.17) is 14.0 Å². The first-order chi connectivity index (χ1) is 10.2. The number of rotatable bonds is 4. The summed E-state index contributed by atoms with van der Waals surface area (Å²) in [5.41, 5.74) is 0.124. The van der Waals surface area contributed by atoms with Gasteiger partial charge >= 0.3 is 7.12 Å². The lowest BCUT2D eigenvalue weighted by atomic mass is 9.77. The van der Waals surface area contributed by atoms with Gasteiger partial charge in [-0.1, -0.05) is 6.08 Å². The summed E-state index contributed by atoms with van der Waals surface area (Å²) < 4.78 is 30.4. The Hall–Kier alpha value is -1.37. The number of benzene rings is 1. The number of methoxy groups -OCH3 is 1. The van der Waals surface area contributed by atoms with Crippen molar-refractivity contribution < 1.29 is 23.5 Å².